The van der Waals surface area contributed by atoms with Crippen LogP contribution in [-0.2, 0) is 11.3 Å². The summed E-state index contributed by atoms with van der Waals surface area (Å²) >= 11 is 0. The number of carbonyl (C=O) groups is 1. The number of hydrogen-bond donors (Lipinski definition) is 2. The molecule has 0 bridgehead atoms. The van der Waals surface area contributed by atoms with E-state index >= 15 is 0 Å². The van der Waals surface area contributed by atoms with Crippen LogP contribution in [0.5, 0.6) is 0 Å². The summed E-state index contributed by atoms with van der Waals surface area (Å²) in [6, 6.07) is 4.37. The second kappa shape index (κ2) is 5.07. The molecule has 0 aliphatic carbocycles. The van der Waals surface area contributed by atoms with Crippen LogP contribution in [0.15, 0.2) is 18.3 Å². The van der Waals surface area contributed by atoms with Crippen LogP contribution in [0.4, 0.5) is 0 Å². The molecular weight excluding hydrogens is 202 g/mol. The minimum absolute atomic E-state index is 0.167. The van der Waals surface area contributed by atoms with Gasteiger partial charge in [0.25, 0.3) is 0 Å². The molecule has 86 valence electrons. The number of hydrogen-bond acceptors (Lipinski definition) is 3. The quantitative estimate of drug-likeness (QED) is 0.786. The highest BCUT2D eigenvalue weighted by Crippen LogP contribution is 2.05. The molecule has 0 saturated carbocycles. The number of nitrogens with zero attached hydrogens (tertiary/aromatic N) is 1. The molecule has 1 atom stereocenters. The molecule has 0 aromatic carbocycles. The number of aryl methyl sites for hydroxylation is 1. The average molecular weight is 219 g/mol. The first kappa shape index (κ1) is 11.1. The standard InChI is InChI=1S/C12H17N3O/c1-9-2-3-10(14-6-9)7-13-8-11-4-5-12(16)15-11/h2-3,6,11,13H,4-5,7-8H2,1H3,(H,15,16). The molecule has 1 aromatic heterocycles. The first-order chi connectivity index (χ1) is 7.74. The Bertz CT molecular complexity index is 361. The first-order valence-electron chi connectivity index (χ1n) is 5.65. The van der Waals surface area contributed by atoms with E-state index in [1.807, 2.05) is 19.2 Å². The summed E-state index contributed by atoms with van der Waals surface area (Å²) in [5.41, 5.74) is 2.21. The Kier molecular flexibility index (Phi) is 3.51. The molecule has 0 radical (unpaired) electrons. The average Bonchev–Trinajstić information content (AvgIpc) is 2.67. The van der Waals surface area contributed by atoms with Gasteiger partial charge in [-0.2, -0.15) is 0 Å². The van der Waals surface area contributed by atoms with E-state index in [4.69, 9.17) is 0 Å². The molecule has 0 spiro atoms. The van der Waals surface area contributed by atoms with Crippen molar-refractivity contribution in [1.29, 1.82) is 0 Å². The Labute approximate surface area is 95.5 Å². The summed E-state index contributed by atoms with van der Waals surface area (Å²) in [4.78, 5) is 15.3. The summed E-state index contributed by atoms with van der Waals surface area (Å²) in [6.45, 7) is 3.60. The van der Waals surface area contributed by atoms with E-state index in [2.05, 4.69) is 21.7 Å². The van der Waals surface area contributed by atoms with Crippen molar-refractivity contribution in [2.75, 3.05) is 6.54 Å². The lowest BCUT2D eigenvalue weighted by Crippen LogP contribution is -2.35. The van der Waals surface area contributed by atoms with Gasteiger partial charge >= 0.3 is 0 Å². The van der Waals surface area contributed by atoms with E-state index in [0.29, 0.717) is 6.42 Å². The summed E-state index contributed by atoms with van der Waals surface area (Å²) in [7, 11) is 0. The summed E-state index contributed by atoms with van der Waals surface area (Å²) in [5, 5.41) is 6.23. The zero-order valence-electron chi connectivity index (χ0n) is 9.49. The van der Waals surface area contributed by atoms with E-state index in [0.717, 1.165) is 25.2 Å². The maximum absolute atomic E-state index is 11.0. The van der Waals surface area contributed by atoms with E-state index < -0.39 is 0 Å². The van der Waals surface area contributed by atoms with Crippen LogP contribution in [0.1, 0.15) is 24.1 Å². The van der Waals surface area contributed by atoms with E-state index in [1.165, 1.54) is 5.56 Å². The fourth-order valence-corrected chi connectivity index (χ4v) is 1.81. The second-order valence-corrected chi connectivity index (χ2v) is 4.26. The van der Waals surface area contributed by atoms with E-state index in [-0.39, 0.29) is 11.9 Å². The lowest BCUT2D eigenvalue weighted by molar-refractivity contribution is -0.119. The highest BCUT2D eigenvalue weighted by molar-refractivity contribution is 5.78. The van der Waals surface area contributed by atoms with Crippen molar-refractivity contribution < 1.29 is 4.79 Å². The SMILES string of the molecule is Cc1ccc(CNCC2CCC(=O)N2)nc1. The number of amides is 1. The van der Waals surface area contributed by atoms with Crippen molar-refractivity contribution in [3.8, 4) is 0 Å². The molecule has 1 aromatic rings. The summed E-state index contributed by atoms with van der Waals surface area (Å²) < 4.78 is 0. The molecule has 1 saturated heterocycles. The van der Waals surface area contributed by atoms with Gasteiger partial charge in [-0.1, -0.05) is 6.07 Å². The lowest BCUT2D eigenvalue weighted by atomic mass is 10.2. The highest BCUT2D eigenvalue weighted by atomic mass is 16.1. The molecule has 1 fully saturated rings. The minimum atomic E-state index is 0.167. The third-order valence-corrected chi connectivity index (χ3v) is 2.75. The maximum Gasteiger partial charge on any atom is 0.220 e. The Balaban J connectivity index is 1.72. The first-order valence-corrected chi connectivity index (χ1v) is 5.65. The van der Waals surface area contributed by atoms with Gasteiger partial charge in [-0.05, 0) is 25.0 Å². The fourth-order valence-electron chi connectivity index (χ4n) is 1.81. The third-order valence-electron chi connectivity index (χ3n) is 2.75. The van der Waals surface area contributed by atoms with Crippen LogP contribution in [-0.4, -0.2) is 23.5 Å². The number of carbonyl (C=O) groups excluding carboxylic acids is 1. The molecule has 16 heavy (non-hydrogen) atoms. The van der Waals surface area contributed by atoms with Gasteiger partial charge in [-0.3, -0.25) is 9.78 Å². The molecule has 1 aliphatic heterocycles. The van der Waals surface area contributed by atoms with Crippen molar-refractivity contribution in [1.82, 2.24) is 15.6 Å². The van der Waals surface area contributed by atoms with Gasteiger partial charge in [-0.25, -0.2) is 0 Å². The molecule has 1 unspecified atom stereocenters. The van der Waals surface area contributed by atoms with Gasteiger partial charge in [0.2, 0.25) is 5.91 Å². The minimum Gasteiger partial charge on any atom is -0.352 e. The van der Waals surface area contributed by atoms with E-state index in [1.54, 1.807) is 0 Å². The second-order valence-electron chi connectivity index (χ2n) is 4.26. The monoisotopic (exact) mass is 219 g/mol. The highest BCUT2D eigenvalue weighted by Gasteiger charge is 2.19. The molecule has 4 nitrogen and oxygen atoms in total. The molecule has 1 aliphatic rings. The predicted molar refractivity (Wildman–Crippen MR) is 61.8 cm³/mol. The van der Waals surface area contributed by atoms with Gasteiger partial charge in [0.15, 0.2) is 0 Å². The molecule has 1 amide bonds. The van der Waals surface area contributed by atoms with Gasteiger partial charge in [0.05, 0.1) is 5.69 Å². The zero-order valence-corrected chi connectivity index (χ0v) is 9.49. The topological polar surface area (TPSA) is 54.0 Å². The van der Waals surface area contributed by atoms with Crippen molar-refractivity contribution in [3.05, 3.63) is 29.6 Å². The number of nitrogens with one attached hydrogen (secondary N) is 2. The van der Waals surface area contributed by atoms with Crippen LogP contribution >= 0.6 is 0 Å². The van der Waals surface area contributed by atoms with Crippen molar-refractivity contribution >= 4 is 5.91 Å². The van der Waals surface area contributed by atoms with Crippen LogP contribution in [0.25, 0.3) is 0 Å². The molecule has 2 heterocycles. The number of aromatic nitrogens is 1. The van der Waals surface area contributed by atoms with Crippen LogP contribution < -0.4 is 10.6 Å². The van der Waals surface area contributed by atoms with Crippen molar-refractivity contribution in [3.63, 3.8) is 0 Å². The normalized spacial score (nSPS) is 19.8. The number of pyridine rings is 1. The van der Waals surface area contributed by atoms with Crippen molar-refractivity contribution in [2.45, 2.75) is 32.4 Å². The maximum atomic E-state index is 11.0. The summed E-state index contributed by atoms with van der Waals surface area (Å²) in [6.07, 6.45) is 3.47. The Hall–Kier alpha value is -1.42. The lowest BCUT2D eigenvalue weighted by Gasteiger charge is -2.10. The zero-order chi connectivity index (χ0) is 11.4. The third kappa shape index (κ3) is 3.03. The predicted octanol–water partition coefficient (Wildman–Crippen LogP) is 0.758. The van der Waals surface area contributed by atoms with Gasteiger partial charge < -0.3 is 10.6 Å². The van der Waals surface area contributed by atoms with Crippen molar-refractivity contribution in [2.24, 2.45) is 0 Å². The van der Waals surface area contributed by atoms with Crippen LogP contribution in [0, 0.1) is 6.92 Å². The van der Waals surface area contributed by atoms with Crippen LogP contribution in [0.2, 0.25) is 0 Å². The fraction of sp³-hybridized carbons (Fsp3) is 0.500. The van der Waals surface area contributed by atoms with Crippen LogP contribution in [0.3, 0.4) is 0 Å². The number of rotatable bonds is 4. The Morgan fingerprint density at radius 3 is 3.06 bits per heavy atom. The molecule has 2 N–H and O–H groups in total. The molecule has 4 heteroatoms. The smallest absolute Gasteiger partial charge is 0.220 e. The molecule has 2 rings (SSSR count). The largest absolute Gasteiger partial charge is 0.352 e. The van der Waals surface area contributed by atoms with Gasteiger partial charge in [0, 0.05) is 31.7 Å². The van der Waals surface area contributed by atoms with Gasteiger partial charge in [0.1, 0.15) is 0 Å². The van der Waals surface area contributed by atoms with E-state index in [9.17, 15) is 4.79 Å². The Morgan fingerprint density at radius 1 is 1.56 bits per heavy atom. The molecular formula is C12H17N3O. The van der Waals surface area contributed by atoms with Gasteiger partial charge in [-0.15, -0.1) is 0 Å². The summed E-state index contributed by atoms with van der Waals surface area (Å²) in [5.74, 6) is 0.167. The Morgan fingerprint density at radius 2 is 2.44 bits per heavy atom.